The molecule has 0 amide bonds. The summed E-state index contributed by atoms with van der Waals surface area (Å²) in [5, 5.41) is 0. The quantitative estimate of drug-likeness (QED) is 0.740. The van der Waals surface area contributed by atoms with Crippen LogP contribution in [-0.4, -0.2) is 24.5 Å². The Labute approximate surface area is 116 Å². The van der Waals surface area contributed by atoms with Crippen LogP contribution in [0, 0.1) is 0 Å². The summed E-state index contributed by atoms with van der Waals surface area (Å²) in [5.41, 5.74) is 8.65. The molecule has 1 fully saturated rings. The lowest BCUT2D eigenvalue weighted by atomic mass is 9.77. The van der Waals surface area contributed by atoms with Crippen LogP contribution in [0.1, 0.15) is 25.1 Å². The zero-order chi connectivity index (χ0) is 13.7. The normalized spacial score (nSPS) is 17.3. The van der Waals surface area contributed by atoms with Crippen LogP contribution in [0.4, 0.5) is 0 Å². The molecular formula is C14H16N6. The maximum atomic E-state index is 6.30. The summed E-state index contributed by atoms with van der Waals surface area (Å²) >= 11 is 0. The van der Waals surface area contributed by atoms with E-state index in [2.05, 4.69) is 19.9 Å². The number of hydrogen-bond acceptors (Lipinski definition) is 4. The van der Waals surface area contributed by atoms with Gasteiger partial charge in [-0.15, -0.1) is 0 Å². The van der Waals surface area contributed by atoms with E-state index in [0.29, 0.717) is 0 Å². The lowest BCUT2D eigenvalue weighted by Gasteiger charge is -2.35. The van der Waals surface area contributed by atoms with Gasteiger partial charge in [-0.3, -0.25) is 0 Å². The number of aromatic nitrogens is 5. The first kappa shape index (κ1) is 11.6. The molecule has 0 radical (unpaired) electrons. The molecule has 20 heavy (non-hydrogen) atoms. The van der Waals surface area contributed by atoms with E-state index in [4.69, 9.17) is 5.73 Å². The topological polar surface area (TPSA) is 85.4 Å². The lowest BCUT2D eigenvalue weighted by molar-refractivity contribution is 0.240. The van der Waals surface area contributed by atoms with E-state index in [9.17, 15) is 0 Å². The summed E-state index contributed by atoms with van der Waals surface area (Å²) in [7, 11) is 1.96. The van der Waals surface area contributed by atoms with Crippen molar-refractivity contribution in [2.45, 2.75) is 24.8 Å². The zero-order valence-electron chi connectivity index (χ0n) is 11.3. The Kier molecular flexibility index (Phi) is 2.26. The van der Waals surface area contributed by atoms with E-state index in [0.717, 1.165) is 41.3 Å². The number of rotatable bonds is 2. The summed E-state index contributed by atoms with van der Waals surface area (Å²) in [6.07, 6.45) is 6.73. The molecule has 3 aromatic rings. The van der Waals surface area contributed by atoms with Crippen molar-refractivity contribution in [1.82, 2.24) is 24.5 Å². The van der Waals surface area contributed by atoms with Gasteiger partial charge in [-0.05, 0) is 31.4 Å². The Morgan fingerprint density at radius 2 is 2.20 bits per heavy atom. The van der Waals surface area contributed by atoms with Crippen molar-refractivity contribution in [1.29, 1.82) is 0 Å². The van der Waals surface area contributed by atoms with E-state index in [-0.39, 0.29) is 5.54 Å². The van der Waals surface area contributed by atoms with Gasteiger partial charge in [0, 0.05) is 13.2 Å². The van der Waals surface area contributed by atoms with Crippen LogP contribution in [-0.2, 0) is 12.6 Å². The standard InChI is InChI=1S/C14H16N6/c1-20-11-9(4-2-7-16-11)18-12(20)10-8-17-13(19-10)14(15)5-3-6-14/h2,4,7-8H,3,5-6,15H2,1H3,(H,17,19). The number of hydrogen-bond donors (Lipinski definition) is 2. The maximum absolute atomic E-state index is 6.30. The number of nitrogens with zero attached hydrogens (tertiary/aromatic N) is 4. The van der Waals surface area contributed by atoms with Gasteiger partial charge in [0.1, 0.15) is 17.0 Å². The molecule has 1 saturated carbocycles. The van der Waals surface area contributed by atoms with Gasteiger partial charge in [0.15, 0.2) is 11.5 Å². The highest BCUT2D eigenvalue weighted by molar-refractivity contribution is 5.75. The fourth-order valence-corrected chi connectivity index (χ4v) is 2.75. The minimum atomic E-state index is -0.277. The van der Waals surface area contributed by atoms with Crippen molar-refractivity contribution in [3.05, 3.63) is 30.4 Å². The van der Waals surface area contributed by atoms with E-state index in [1.165, 1.54) is 6.42 Å². The number of aromatic amines is 1. The average Bonchev–Trinajstić information content (AvgIpc) is 3.02. The Morgan fingerprint density at radius 1 is 1.35 bits per heavy atom. The van der Waals surface area contributed by atoms with Gasteiger partial charge < -0.3 is 15.3 Å². The molecule has 3 aromatic heterocycles. The van der Waals surface area contributed by atoms with Crippen molar-refractivity contribution >= 4 is 11.2 Å². The zero-order valence-corrected chi connectivity index (χ0v) is 11.3. The number of nitrogens with two attached hydrogens (primary N) is 1. The van der Waals surface area contributed by atoms with E-state index >= 15 is 0 Å². The smallest absolute Gasteiger partial charge is 0.160 e. The molecule has 4 rings (SSSR count). The van der Waals surface area contributed by atoms with Crippen LogP contribution < -0.4 is 5.73 Å². The number of pyridine rings is 1. The lowest BCUT2D eigenvalue weighted by Crippen LogP contribution is -2.44. The molecule has 6 nitrogen and oxygen atoms in total. The molecule has 0 bridgehead atoms. The predicted octanol–water partition coefficient (Wildman–Crippen LogP) is 1.70. The molecule has 3 heterocycles. The maximum Gasteiger partial charge on any atom is 0.160 e. The summed E-state index contributed by atoms with van der Waals surface area (Å²) in [5.74, 6) is 1.69. The molecule has 0 aliphatic heterocycles. The summed E-state index contributed by atoms with van der Waals surface area (Å²) in [4.78, 5) is 16.7. The fraction of sp³-hybridized carbons (Fsp3) is 0.357. The van der Waals surface area contributed by atoms with Crippen LogP contribution in [0.5, 0.6) is 0 Å². The molecule has 0 aromatic carbocycles. The van der Waals surface area contributed by atoms with Gasteiger partial charge in [0.25, 0.3) is 0 Å². The molecule has 1 aliphatic carbocycles. The monoisotopic (exact) mass is 268 g/mol. The minimum Gasteiger partial charge on any atom is -0.338 e. The molecule has 102 valence electrons. The fourth-order valence-electron chi connectivity index (χ4n) is 2.75. The first-order chi connectivity index (χ1) is 9.67. The van der Waals surface area contributed by atoms with Crippen molar-refractivity contribution in [2.75, 3.05) is 0 Å². The molecular weight excluding hydrogens is 252 g/mol. The van der Waals surface area contributed by atoms with Crippen LogP contribution in [0.15, 0.2) is 24.5 Å². The van der Waals surface area contributed by atoms with Crippen LogP contribution in [0.25, 0.3) is 22.7 Å². The number of nitrogens with one attached hydrogen (secondary N) is 1. The van der Waals surface area contributed by atoms with Crippen molar-refractivity contribution in [2.24, 2.45) is 12.8 Å². The highest BCUT2D eigenvalue weighted by Gasteiger charge is 2.37. The third kappa shape index (κ3) is 1.51. The van der Waals surface area contributed by atoms with Gasteiger partial charge in [0.2, 0.25) is 0 Å². The molecule has 1 aliphatic rings. The number of H-pyrrole nitrogens is 1. The average molecular weight is 268 g/mol. The Morgan fingerprint density at radius 3 is 2.90 bits per heavy atom. The number of fused-ring (bicyclic) bond motifs is 1. The largest absolute Gasteiger partial charge is 0.338 e. The van der Waals surface area contributed by atoms with Crippen molar-refractivity contribution in [3.8, 4) is 11.5 Å². The van der Waals surface area contributed by atoms with E-state index in [1.807, 2.05) is 29.9 Å². The third-order valence-corrected chi connectivity index (χ3v) is 4.16. The summed E-state index contributed by atoms with van der Waals surface area (Å²) in [6, 6.07) is 3.85. The van der Waals surface area contributed by atoms with E-state index < -0.39 is 0 Å². The molecule has 3 N–H and O–H groups in total. The third-order valence-electron chi connectivity index (χ3n) is 4.16. The number of aryl methyl sites for hydroxylation is 1. The second-order valence-electron chi connectivity index (χ2n) is 5.50. The van der Waals surface area contributed by atoms with E-state index in [1.54, 1.807) is 6.20 Å². The second-order valence-corrected chi connectivity index (χ2v) is 5.50. The first-order valence-corrected chi connectivity index (χ1v) is 6.80. The molecule has 0 spiro atoms. The van der Waals surface area contributed by atoms with Gasteiger partial charge in [-0.1, -0.05) is 0 Å². The SMILES string of the molecule is Cn1c(-c2cnc(C3(N)CCC3)[nH]2)nc2cccnc21. The van der Waals surface area contributed by atoms with Crippen LogP contribution >= 0.6 is 0 Å². The summed E-state index contributed by atoms with van der Waals surface area (Å²) < 4.78 is 1.97. The van der Waals surface area contributed by atoms with Crippen molar-refractivity contribution < 1.29 is 0 Å². The first-order valence-electron chi connectivity index (χ1n) is 6.80. The molecule has 0 atom stereocenters. The van der Waals surface area contributed by atoms with Gasteiger partial charge in [-0.2, -0.15) is 0 Å². The highest BCUT2D eigenvalue weighted by Crippen LogP contribution is 2.37. The Hall–Kier alpha value is -2.21. The van der Waals surface area contributed by atoms with Crippen LogP contribution in [0.2, 0.25) is 0 Å². The Balaban J connectivity index is 1.81. The molecule has 0 unspecified atom stereocenters. The molecule has 6 heteroatoms. The predicted molar refractivity (Wildman–Crippen MR) is 75.8 cm³/mol. The van der Waals surface area contributed by atoms with Gasteiger partial charge >= 0.3 is 0 Å². The minimum absolute atomic E-state index is 0.277. The number of imidazole rings is 2. The second kappa shape index (κ2) is 3.89. The van der Waals surface area contributed by atoms with Crippen molar-refractivity contribution in [3.63, 3.8) is 0 Å². The Bertz CT molecular complexity index is 780. The van der Waals surface area contributed by atoms with Gasteiger partial charge in [-0.25, -0.2) is 15.0 Å². The summed E-state index contributed by atoms with van der Waals surface area (Å²) in [6.45, 7) is 0. The van der Waals surface area contributed by atoms with Crippen LogP contribution in [0.3, 0.4) is 0 Å². The molecule has 0 saturated heterocycles. The highest BCUT2D eigenvalue weighted by atomic mass is 15.1. The van der Waals surface area contributed by atoms with Gasteiger partial charge in [0.05, 0.1) is 11.7 Å².